The first-order valence-electron chi connectivity index (χ1n) is 11.3. The lowest BCUT2D eigenvalue weighted by Gasteiger charge is -2.30. The fourth-order valence-corrected chi connectivity index (χ4v) is 5.03. The molecule has 0 bridgehead atoms. The van der Waals surface area contributed by atoms with Crippen LogP contribution in [0.2, 0.25) is 0 Å². The molecular formula is C23H28FN5O5S2. The van der Waals surface area contributed by atoms with Gasteiger partial charge in [0.15, 0.2) is 5.52 Å². The Balaban J connectivity index is 0.00000304. The van der Waals surface area contributed by atoms with Gasteiger partial charge in [-0.1, -0.05) is 6.07 Å². The highest BCUT2D eigenvalue weighted by atomic mass is 32.2. The van der Waals surface area contributed by atoms with Crippen molar-refractivity contribution in [1.29, 1.82) is 0 Å². The van der Waals surface area contributed by atoms with E-state index in [-0.39, 0.29) is 45.0 Å². The van der Waals surface area contributed by atoms with Gasteiger partial charge in [-0.25, -0.2) is 22.8 Å². The minimum absolute atomic E-state index is 0. The fraction of sp³-hybridized carbons (Fsp3) is 0.435. The Morgan fingerprint density at radius 3 is 2.64 bits per heavy atom. The van der Waals surface area contributed by atoms with E-state index in [1.54, 1.807) is 18.3 Å². The van der Waals surface area contributed by atoms with Crippen molar-refractivity contribution in [3.05, 3.63) is 42.5 Å². The molecule has 3 aromatic rings. The summed E-state index contributed by atoms with van der Waals surface area (Å²) < 4.78 is 57.2. The number of hydrogen-bond donors (Lipinski definition) is 0. The van der Waals surface area contributed by atoms with E-state index in [9.17, 15) is 8.42 Å². The second-order valence-electron chi connectivity index (χ2n) is 8.43. The monoisotopic (exact) mass is 537 g/mol. The van der Waals surface area contributed by atoms with Crippen molar-refractivity contribution in [3.8, 4) is 17.1 Å². The van der Waals surface area contributed by atoms with Crippen molar-refractivity contribution in [2.75, 3.05) is 63.8 Å². The molecule has 13 heteroatoms. The van der Waals surface area contributed by atoms with Crippen molar-refractivity contribution in [2.24, 2.45) is 0 Å². The van der Waals surface area contributed by atoms with E-state index in [4.69, 9.17) is 14.2 Å². The molecule has 36 heavy (non-hydrogen) atoms. The summed E-state index contributed by atoms with van der Waals surface area (Å²) in [4.78, 5) is 15.3. The molecule has 0 amide bonds. The molecule has 0 radical (unpaired) electrons. The molecule has 194 valence electrons. The summed E-state index contributed by atoms with van der Waals surface area (Å²) >= 11 is 0. The van der Waals surface area contributed by atoms with Crippen molar-refractivity contribution in [2.45, 2.75) is 6.10 Å². The molecule has 10 nitrogen and oxygen atoms in total. The van der Waals surface area contributed by atoms with Crippen molar-refractivity contribution in [3.63, 3.8) is 0 Å². The first-order chi connectivity index (χ1) is 16.9. The zero-order valence-electron chi connectivity index (χ0n) is 19.8. The number of halogens is 1. The summed E-state index contributed by atoms with van der Waals surface area (Å²) in [6.45, 7) is 3.28. The Hall–Kier alpha value is -2.58. The number of morpholine rings is 2. The third-order valence-corrected chi connectivity index (χ3v) is 7.27. The molecule has 2 aromatic heterocycles. The van der Waals surface area contributed by atoms with Crippen molar-refractivity contribution in [1.82, 2.24) is 19.3 Å². The third kappa shape index (κ3) is 5.86. The van der Waals surface area contributed by atoms with E-state index in [0.717, 1.165) is 0 Å². The Kier molecular flexibility index (Phi) is 8.25. The number of rotatable bonds is 6. The molecule has 4 heterocycles. The van der Waals surface area contributed by atoms with E-state index in [2.05, 4.69) is 15.0 Å². The van der Waals surface area contributed by atoms with E-state index in [1.807, 2.05) is 11.0 Å². The van der Waals surface area contributed by atoms with Crippen LogP contribution in [0.25, 0.3) is 22.3 Å². The van der Waals surface area contributed by atoms with Gasteiger partial charge in [0.25, 0.3) is 0 Å². The number of benzene rings is 1. The zero-order chi connectivity index (χ0) is 24.4. The molecule has 0 aliphatic carbocycles. The highest BCUT2D eigenvalue weighted by Gasteiger charge is 2.27. The lowest BCUT2D eigenvalue weighted by molar-refractivity contribution is -0.0252. The lowest BCUT2D eigenvalue weighted by atomic mass is 10.1. The molecule has 1 atom stereocenters. The Morgan fingerprint density at radius 1 is 1.11 bits per heavy atom. The standard InChI is InChI=1S/C23H26FN5O5S.H2S/c1-35(30,31)29-8-11-33-17(14-29)15-34-23-22-20(25-4-5-26-22)13-19(27-23)16-2-3-21(18(24)12-16)28-6-9-32-10-7-28;/h2-5,12-13,17H,6-11,14-15H2,1H3;1H2/t17-;/m0./s1. The minimum Gasteiger partial charge on any atom is -0.473 e. The number of nitrogens with zero attached hydrogens (tertiary/aromatic N) is 5. The zero-order valence-corrected chi connectivity index (χ0v) is 21.6. The topological polar surface area (TPSA) is 107 Å². The van der Waals surface area contributed by atoms with Crippen LogP contribution in [0.3, 0.4) is 0 Å². The SMILES string of the molecule is CS(=O)(=O)N1CCO[C@H](COc2nc(-c3ccc(N4CCOCC4)c(F)c3)cc3nccnc23)C1.S. The van der Waals surface area contributed by atoms with Crippen LogP contribution < -0.4 is 9.64 Å². The number of ether oxygens (including phenoxy) is 3. The summed E-state index contributed by atoms with van der Waals surface area (Å²) in [5.74, 6) is -0.118. The molecule has 2 fully saturated rings. The Morgan fingerprint density at radius 2 is 1.89 bits per heavy atom. The lowest BCUT2D eigenvalue weighted by Crippen LogP contribution is -2.47. The van der Waals surface area contributed by atoms with Crippen molar-refractivity contribution >= 4 is 40.2 Å². The highest BCUT2D eigenvalue weighted by Crippen LogP contribution is 2.30. The molecule has 0 unspecified atom stereocenters. The van der Waals surface area contributed by atoms with Gasteiger partial charge in [-0.15, -0.1) is 0 Å². The first kappa shape index (κ1) is 26.5. The van der Waals surface area contributed by atoms with Crippen LogP contribution >= 0.6 is 13.5 Å². The van der Waals surface area contributed by atoms with Crippen LogP contribution in [0.5, 0.6) is 5.88 Å². The Labute approximate surface area is 215 Å². The van der Waals surface area contributed by atoms with Gasteiger partial charge in [-0.05, 0) is 18.2 Å². The van der Waals surface area contributed by atoms with Gasteiger partial charge in [0.05, 0.1) is 43.0 Å². The predicted octanol–water partition coefficient (Wildman–Crippen LogP) is 1.82. The van der Waals surface area contributed by atoms with Crippen LogP contribution in [-0.4, -0.2) is 92.6 Å². The maximum absolute atomic E-state index is 15.0. The number of aromatic nitrogens is 3. The molecular weight excluding hydrogens is 509 g/mol. The van der Waals surface area contributed by atoms with Gasteiger partial charge in [0.2, 0.25) is 15.9 Å². The largest absolute Gasteiger partial charge is 0.473 e. The normalized spacial score (nSPS) is 19.2. The molecule has 2 aliphatic heterocycles. The number of fused-ring (bicyclic) bond motifs is 1. The second kappa shape index (κ2) is 11.2. The molecule has 2 aliphatic rings. The van der Waals surface area contributed by atoms with Crippen LogP contribution in [-0.2, 0) is 19.5 Å². The molecule has 0 spiro atoms. The van der Waals surface area contributed by atoms with Gasteiger partial charge in [0.1, 0.15) is 18.5 Å². The van der Waals surface area contributed by atoms with Crippen LogP contribution in [0.1, 0.15) is 0 Å². The summed E-state index contributed by atoms with van der Waals surface area (Å²) in [5, 5.41) is 0. The molecule has 5 rings (SSSR count). The maximum atomic E-state index is 15.0. The first-order valence-corrected chi connectivity index (χ1v) is 13.2. The van der Waals surface area contributed by atoms with Gasteiger partial charge < -0.3 is 19.1 Å². The third-order valence-electron chi connectivity index (χ3n) is 6.00. The molecule has 0 N–H and O–H groups in total. The minimum atomic E-state index is -3.32. The molecule has 2 saturated heterocycles. The van der Waals surface area contributed by atoms with E-state index in [0.29, 0.717) is 60.8 Å². The predicted molar refractivity (Wildman–Crippen MR) is 138 cm³/mol. The number of anilines is 1. The Bertz CT molecular complexity index is 1320. The van der Waals surface area contributed by atoms with Gasteiger partial charge in [-0.2, -0.15) is 17.8 Å². The average Bonchev–Trinajstić information content (AvgIpc) is 2.87. The van der Waals surface area contributed by atoms with E-state index < -0.39 is 16.1 Å². The van der Waals surface area contributed by atoms with Gasteiger partial charge in [-0.3, -0.25) is 4.98 Å². The molecule has 0 saturated carbocycles. The quantitative estimate of drug-likeness (QED) is 0.465. The average molecular weight is 538 g/mol. The summed E-state index contributed by atoms with van der Waals surface area (Å²) in [6, 6.07) is 6.75. The highest BCUT2D eigenvalue weighted by molar-refractivity contribution is 7.88. The summed E-state index contributed by atoms with van der Waals surface area (Å²) in [6.07, 6.45) is 3.82. The van der Waals surface area contributed by atoms with Gasteiger partial charge in [0, 0.05) is 44.1 Å². The number of sulfonamides is 1. The smallest absolute Gasteiger partial charge is 0.242 e. The van der Waals surface area contributed by atoms with Crippen LogP contribution in [0.15, 0.2) is 36.7 Å². The summed E-state index contributed by atoms with van der Waals surface area (Å²) in [5.41, 5.74) is 2.60. The van der Waals surface area contributed by atoms with Crippen LogP contribution in [0, 0.1) is 5.82 Å². The van der Waals surface area contributed by atoms with E-state index >= 15 is 4.39 Å². The van der Waals surface area contributed by atoms with E-state index in [1.165, 1.54) is 22.8 Å². The maximum Gasteiger partial charge on any atom is 0.242 e. The van der Waals surface area contributed by atoms with Crippen molar-refractivity contribution < 1.29 is 27.0 Å². The summed E-state index contributed by atoms with van der Waals surface area (Å²) in [7, 11) is -3.32. The number of hydrogen-bond acceptors (Lipinski definition) is 9. The van der Waals surface area contributed by atoms with Gasteiger partial charge >= 0.3 is 0 Å². The second-order valence-corrected chi connectivity index (χ2v) is 10.4. The fourth-order valence-electron chi connectivity index (χ4n) is 4.18. The number of pyridine rings is 1. The van der Waals surface area contributed by atoms with Crippen LogP contribution in [0.4, 0.5) is 10.1 Å². The molecule has 1 aromatic carbocycles.